The summed E-state index contributed by atoms with van der Waals surface area (Å²) in [5, 5.41) is 12.2. The predicted molar refractivity (Wildman–Crippen MR) is 121 cm³/mol. The topological polar surface area (TPSA) is 73.2 Å². The van der Waals surface area contributed by atoms with Crippen molar-refractivity contribution in [1.29, 1.82) is 5.26 Å². The average Bonchev–Trinajstić information content (AvgIpc) is 3.01. The molecule has 0 spiro atoms. The van der Waals surface area contributed by atoms with Crippen molar-refractivity contribution in [2.45, 2.75) is 20.8 Å². The minimum atomic E-state index is -0.427. The number of rotatable bonds is 4. The molecule has 1 N–H and O–H groups in total. The lowest BCUT2D eigenvalue weighted by molar-refractivity contribution is -0.120. The quantitative estimate of drug-likeness (QED) is 0.626. The van der Waals surface area contributed by atoms with Gasteiger partial charge in [0.2, 0.25) is 0 Å². The van der Waals surface area contributed by atoms with E-state index in [2.05, 4.69) is 5.32 Å². The van der Waals surface area contributed by atoms with Crippen molar-refractivity contribution in [1.82, 2.24) is 0 Å². The molecule has 5 nitrogen and oxygen atoms in total. The Labute approximate surface area is 181 Å². The van der Waals surface area contributed by atoms with Crippen LogP contribution in [0.25, 0.3) is 5.57 Å². The standard InChI is InChI=1S/C26H21N3O2/c1-16-4-9-20(10-5-16)23-24(28-21-11-6-17(2)18(3)14-21)26(31)29(25(23)30)22-12-7-19(15-27)8-13-22/h4-14,28H,1-3H3. The number of imide groups is 1. The van der Waals surface area contributed by atoms with E-state index in [-0.39, 0.29) is 5.70 Å². The Morgan fingerprint density at radius 2 is 1.48 bits per heavy atom. The summed E-state index contributed by atoms with van der Waals surface area (Å²) in [5.74, 6) is -0.826. The van der Waals surface area contributed by atoms with Gasteiger partial charge in [-0.2, -0.15) is 5.26 Å². The summed E-state index contributed by atoms with van der Waals surface area (Å²) in [5.41, 5.74) is 6.16. The van der Waals surface area contributed by atoms with Gasteiger partial charge in [-0.1, -0.05) is 35.9 Å². The lowest BCUT2D eigenvalue weighted by Crippen LogP contribution is -2.32. The van der Waals surface area contributed by atoms with Crippen molar-refractivity contribution >= 4 is 28.8 Å². The Kier molecular flexibility index (Phi) is 5.14. The second kappa shape index (κ2) is 7.92. The van der Waals surface area contributed by atoms with Crippen molar-refractivity contribution < 1.29 is 9.59 Å². The molecule has 0 fully saturated rings. The van der Waals surface area contributed by atoms with Crippen LogP contribution in [0.1, 0.15) is 27.8 Å². The highest BCUT2D eigenvalue weighted by Crippen LogP contribution is 2.34. The predicted octanol–water partition coefficient (Wildman–Crippen LogP) is 4.88. The zero-order valence-electron chi connectivity index (χ0n) is 17.6. The zero-order valence-corrected chi connectivity index (χ0v) is 17.6. The van der Waals surface area contributed by atoms with Crippen LogP contribution in [-0.2, 0) is 9.59 Å². The molecule has 31 heavy (non-hydrogen) atoms. The molecule has 0 aromatic heterocycles. The van der Waals surface area contributed by atoms with Crippen LogP contribution in [0.2, 0.25) is 0 Å². The molecule has 0 radical (unpaired) electrons. The SMILES string of the molecule is Cc1ccc(C2=C(Nc3ccc(C)c(C)c3)C(=O)N(c3ccc(C#N)cc3)C2=O)cc1. The molecule has 1 aliphatic heterocycles. The summed E-state index contributed by atoms with van der Waals surface area (Å²) in [4.78, 5) is 28.0. The van der Waals surface area contributed by atoms with Gasteiger partial charge >= 0.3 is 0 Å². The molecule has 0 bridgehead atoms. The van der Waals surface area contributed by atoms with Gasteiger partial charge in [0.25, 0.3) is 11.8 Å². The van der Waals surface area contributed by atoms with E-state index in [1.807, 2.05) is 69.3 Å². The summed E-state index contributed by atoms with van der Waals surface area (Å²) in [6.07, 6.45) is 0. The molecule has 1 heterocycles. The van der Waals surface area contributed by atoms with E-state index in [0.717, 1.165) is 27.3 Å². The highest BCUT2D eigenvalue weighted by atomic mass is 16.2. The first-order valence-electron chi connectivity index (χ1n) is 9.93. The number of anilines is 2. The molecule has 2 amide bonds. The Morgan fingerprint density at radius 1 is 0.806 bits per heavy atom. The molecule has 0 saturated carbocycles. The van der Waals surface area contributed by atoms with Crippen LogP contribution in [0, 0.1) is 32.1 Å². The number of benzene rings is 3. The minimum Gasteiger partial charge on any atom is -0.350 e. The first-order valence-corrected chi connectivity index (χ1v) is 9.93. The Bertz CT molecular complexity index is 1260. The van der Waals surface area contributed by atoms with Crippen LogP contribution in [0.15, 0.2) is 72.4 Å². The molecule has 1 aliphatic rings. The summed E-state index contributed by atoms with van der Waals surface area (Å²) < 4.78 is 0. The van der Waals surface area contributed by atoms with E-state index < -0.39 is 11.8 Å². The number of nitriles is 1. The summed E-state index contributed by atoms with van der Waals surface area (Å²) >= 11 is 0. The first kappa shape index (κ1) is 20.1. The fourth-order valence-corrected chi connectivity index (χ4v) is 3.52. The van der Waals surface area contributed by atoms with Crippen LogP contribution < -0.4 is 10.2 Å². The highest BCUT2D eigenvalue weighted by Gasteiger charge is 2.40. The zero-order chi connectivity index (χ0) is 22.1. The van der Waals surface area contributed by atoms with E-state index in [1.165, 1.54) is 0 Å². The van der Waals surface area contributed by atoms with Crippen LogP contribution >= 0.6 is 0 Å². The number of nitrogens with one attached hydrogen (secondary N) is 1. The third kappa shape index (κ3) is 3.72. The lowest BCUT2D eigenvalue weighted by Gasteiger charge is -2.15. The molecule has 0 atom stereocenters. The van der Waals surface area contributed by atoms with Gasteiger partial charge in [-0.25, -0.2) is 4.90 Å². The van der Waals surface area contributed by atoms with Gasteiger partial charge in [-0.15, -0.1) is 0 Å². The van der Waals surface area contributed by atoms with E-state index in [4.69, 9.17) is 5.26 Å². The van der Waals surface area contributed by atoms with Crippen molar-refractivity contribution in [2.24, 2.45) is 0 Å². The van der Waals surface area contributed by atoms with Gasteiger partial charge in [0.15, 0.2) is 0 Å². The Balaban J connectivity index is 1.81. The second-order valence-electron chi connectivity index (χ2n) is 7.64. The van der Waals surface area contributed by atoms with E-state index >= 15 is 0 Å². The molecule has 0 saturated heterocycles. The Morgan fingerprint density at radius 3 is 2.10 bits per heavy atom. The first-order chi connectivity index (χ1) is 14.9. The van der Waals surface area contributed by atoms with E-state index in [9.17, 15) is 9.59 Å². The van der Waals surface area contributed by atoms with E-state index in [0.29, 0.717) is 22.4 Å². The third-order valence-corrected chi connectivity index (χ3v) is 5.46. The van der Waals surface area contributed by atoms with Crippen LogP contribution in [0.3, 0.4) is 0 Å². The molecule has 4 rings (SSSR count). The molecule has 0 aliphatic carbocycles. The van der Waals surface area contributed by atoms with Crippen LogP contribution in [0.4, 0.5) is 11.4 Å². The molecular formula is C26H21N3O2. The fourth-order valence-electron chi connectivity index (χ4n) is 3.52. The molecule has 5 heteroatoms. The molecule has 0 unspecified atom stereocenters. The smallest absolute Gasteiger partial charge is 0.282 e. The number of nitrogens with zero attached hydrogens (tertiary/aromatic N) is 2. The number of carbonyl (C=O) groups is 2. The normalized spacial score (nSPS) is 13.5. The largest absolute Gasteiger partial charge is 0.350 e. The minimum absolute atomic E-state index is 0.237. The van der Waals surface area contributed by atoms with Crippen molar-refractivity contribution in [3.63, 3.8) is 0 Å². The second-order valence-corrected chi connectivity index (χ2v) is 7.64. The molecule has 3 aromatic rings. The number of amides is 2. The maximum absolute atomic E-state index is 13.4. The van der Waals surface area contributed by atoms with Gasteiger partial charge in [0.1, 0.15) is 5.70 Å². The Hall–Kier alpha value is -4.17. The number of aryl methyl sites for hydroxylation is 3. The van der Waals surface area contributed by atoms with Crippen LogP contribution in [-0.4, -0.2) is 11.8 Å². The number of hydrogen-bond acceptors (Lipinski definition) is 4. The van der Waals surface area contributed by atoms with Gasteiger partial charge < -0.3 is 5.32 Å². The van der Waals surface area contributed by atoms with Gasteiger partial charge in [0.05, 0.1) is 22.9 Å². The summed E-state index contributed by atoms with van der Waals surface area (Å²) in [6, 6.07) is 21.8. The third-order valence-electron chi connectivity index (χ3n) is 5.46. The maximum atomic E-state index is 13.4. The van der Waals surface area contributed by atoms with Gasteiger partial charge in [-0.05, 0) is 73.9 Å². The molecular weight excluding hydrogens is 386 g/mol. The monoisotopic (exact) mass is 407 g/mol. The summed E-state index contributed by atoms with van der Waals surface area (Å²) in [6.45, 7) is 5.99. The average molecular weight is 407 g/mol. The number of hydrogen-bond donors (Lipinski definition) is 1. The molecule has 3 aromatic carbocycles. The molecule has 152 valence electrons. The van der Waals surface area contributed by atoms with Crippen molar-refractivity contribution in [3.05, 3.63) is 100 Å². The summed E-state index contributed by atoms with van der Waals surface area (Å²) in [7, 11) is 0. The maximum Gasteiger partial charge on any atom is 0.282 e. The highest BCUT2D eigenvalue weighted by molar-refractivity contribution is 6.46. The van der Waals surface area contributed by atoms with Crippen molar-refractivity contribution in [2.75, 3.05) is 10.2 Å². The fraction of sp³-hybridized carbons (Fsp3) is 0.115. The van der Waals surface area contributed by atoms with Crippen molar-refractivity contribution in [3.8, 4) is 6.07 Å². The number of carbonyl (C=O) groups excluding carboxylic acids is 2. The van der Waals surface area contributed by atoms with Gasteiger partial charge in [-0.3, -0.25) is 9.59 Å². The van der Waals surface area contributed by atoms with E-state index in [1.54, 1.807) is 24.3 Å². The van der Waals surface area contributed by atoms with Crippen LogP contribution in [0.5, 0.6) is 0 Å². The lowest BCUT2D eigenvalue weighted by atomic mass is 10.0. The van der Waals surface area contributed by atoms with Gasteiger partial charge in [0, 0.05) is 5.69 Å².